The number of hydrogen-bond acceptors (Lipinski definition) is 5. The predicted octanol–water partition coefficient (Wildman–Crippen LogP) is 1.65. The topological polar surface area (TPSA) is 31.4 Å². The molecule has 2 heterocycles. The molecule has 1 aromatic heterocycles. The average Bonchev–Trinajstić information content (AvgIpc) is 2.93. The summed E-state index contributed by atoms with van der Waals surface area (Å²) in [7, 11) is 0. The minimum Gasteiger partial charge on any atom is -0.346 e. The summed E-state index contributed by atoms with van der Waals surface area (Å²) >= 11 is 1.74. The molecule has 1 fully saturated rings. The molecule has 0 amide bonds. The smallest absolute Gasteiger partial charge is 0.185 e. The lowest BCUT2D eigenvalue weighted by atomic mass is 10.1. The van der Waals surface area contributed by atoms with Crippen molar-refractivity contribution < 1.29 is 0 Å². The molecule has 1 aliphatic rings. The standard InChI is InChI=1S/C13H24N4S/c1-3-14-5-4-12(2)16-7-9-17(10-8-16)13-15-6-11-18-13/h6,11-12,14H,3-5,7-10H2,1-2H3. The van der Waals surface area contributed by atoms with Crippen molar-refractivity contribution in [1.82, 2.24) is 15.2 Å². The van der Waals surface area contributed by atoms with Gasteiger partial charge in [-0.05, 0) is 26.4 Å². The first-order chi connectivity index (χ1) is 8.81. The fourth-order valence-electron chi connectivity index (χ4n) is 2.40. The Morgan fingerprint density at radius 3 is 2.78 bits per heavy atom. The van der Waals surface area contributed by atoms with Crippen LogP contribution in [-0.2, 0) is 0 Å². The van der Waals surface area contributed by atoms with Gasteiger partial charge in [-0.15, -0.1) is 11.3 Å². The Bertz CT molecular complexity index is 320. The van der Waals surface area contributed by atoms with Crippen LogP contribution in [0.5, 0.6) is 0 Å². The summed E-state index contributed by atoms with van der Waals surface area (Å²) in [6, 6.07) is 0.683. The normalized spacial score (nSPS) is 19.1. The summed E-state index contributed by atoms with van der Waals surface area (Å²) in [6.07, 6.45) is 3.14. The van der Waals surface area contributed by atoms with Crippen LogP contribution in [-0.4, -0.2) is 55.2 Å². The van der Waals surface area contributed by atoms with Crippen LogP contribution in [0, 0.1) is 0 Å². The Labute approximate surface area is 114 Å². The molecule has 1 unspecified atom stereocenters. The van der Waals surface area contributed by atoms with Crippen LogP contribution in [0.1, 0.15) is 20.3 Å². The van der Waals surface area contributed by atoms with Gasteiger partial charge in [0.05, 0.1) is 0 Å². The first-order valence-corrected chi connectivity index (χ1v) is 7.78. The van der Waals surface area contributed by atoms with E-state index in [0.717, 1.165) is 39.3 Å². The van der Waals surface area contributed by atoms with Gasteiger partial charge < -0.3 is 10.2 Å². The van der Waals surface area contributed by atoms with Crippen molar-refractivity contribution in [3.05, 3.63) is 11.6 Å². The van der Waals surface area contributed by atoms with E-state index >= 15 is 0 Å². The van der Waals surface area contributed by atoms with Gasteiger partial charge in [0.25, 0.3) is 0 Å². The van der Waals surface area contributed by atoms with Gasteiger partial charge in [-0.25, -0.2) is 4.98 Å². The molecule has 1 aromatic rings. The van der Waals surface area contributed by atoms with Crippen molar-refractivity contribution in [1.29, 1.82) is 0 Å². The fourth-order valence-corrected chi connectivity index (χ4v) is 3.09. The molecular formula is C13H24N4S. The molecule has 1 saturated heterocycles. The highest BCUT2D eigenvalue weighted by molar-refractivity contribution is 7.13. The molecule has 0 radical (unpaired) electrons. The van der Waals surface area contributed by atoms with Crippen LogP contribution in [0.2, 0.25) is 0 Å². The van der Waals surface area contributed by atoms with E-state index in [0.29, 0.717) is 6.04 Å². The number of anilines is 1. The lowest BCUT2D eigenvalue weighted by Gasteiger charge is -2.38. The fraction of sp³-hybridized carbons (Fsp3) is 0.769. The lowest BCUT2D eigenvalue weighted by molar-refractivity contribution is 0.188. The third-order valence-corrected chi connectivity index (χ3v) is 4.45. The Morgan fingerprint density at radius 1 is 1.39 bits per heavy atom. The molecule has 0 aliphatic carbocycles. The lowest BCUT2D eigenvalue weighted by Crippen LogP contribution is -2.50. The van der Waals surface area contributed by atoms with E-state index in [4.69, 9.17) is 0 Å². The van der Waals surface area contributed by atoms with Crippen LogP contribution in [0.3, 0.4) is 0 Å². The minimum atomic E-state index is 0.683. The average molecular weight is 268 g/mol. The zero-order chi connectivity index (χ0) is 12.8. The Balaban J connectivity index is 1.72. The van der Waals surface area contributed by atoms with Crippen molar-refractivity contribution in [2.24, 2.45) is 0 Å². The van der Waals surface area contributed by atoms with E-state index in [1.165, 1.54) is 11.6 Å². The van der Waals surface area contributed by atoms with E-state index in [2.05, 4.69) is 39.3 Å². The van der Waals surface area contributed by atoms with Gasteiger partial charge in [-0.1, -0.05) is 6.92 Å². The summed E-state index contributed by atoms with van der Waals surface area (Å²) in [4.78, 5) is 9.39. The summed E-state index contributed by atoms with van der Waals surface area (Å²) in [5.74, 6) is 0. The number of hydrogen-bond donors (Lipinski definition) is 1. The summed E-state index contributed by atoms with van der Waals surface area (Å²) in [5.41, 5.74) is 0. The van der Waals surface area contributed by atoms with E-state index in [1.807, 2.05) is 6.20 Å². The Hall–Kier alpha value is -0.650. The highest BCUT2D eigenvalue weighted by atomic mass is 32.1. The van der Waals surface area contributed by atoms with Gasteiger partial charge in [0.1, 0.15) is 0 Å². The SMILES string of the molecule is CCNCCC(C)N1CCN(c2nccs2)CC1. The van der Waals surface area contributed by atoms with Crippen molar-refractivity contribution >= 4 is 16.5 Å². The molecule has 1 aliphatic heterocycles. The summed E-state index contributed by atoms with van der Waals surface area (Å²) in [5, 5.41) is 6.64. The summed E-state index contributed by atoms with van der Waals surface area (Å²) in [6.45, 7) is 11.3. The van der Waals surface area contributed by atoms with Gasteiger partial charge in [-0.3, -0.25) is 4.90 Å². The van der Waals surface area contributed by atoms with Crippen molar-refractivity contribution in [3.8, 4) is 0 Å². The Kier molecular flexibility index (Phi) is 5.41. The number of nitrogens with zero attached hydrogens (tertiary/aromatic N) is 3. The maximum atomic E-state index is 4.39. The van der Waals surface area contributed by atoms with Crippen LogP contribution < -0.4 is 10.2 Å². The van der Waals surface area contributed by atoms with Gasteiger partial charge in [0.2, 0.25) is 0 Å². The van der Waals surface area contributed by atoms with Gasteiger partial charge in [0.15, 0.2) is 5.13 Å². The molecular weight excluding hydrogens is 244 g/mol. The predicted molar refractivity (Wildman–Crippen MR) is 78.5 cm³/mol. The van der Waals surface area contributed by atoms with E-state index in [1.54, 1.807) is 11.3 Å². The van der Waals surface area contributed by atoms with Crippen molar-refractivity contribution in [2.75, 3.05) is 44.2 Å². The third-order valence-electron chi connectivity index (χ3n) is 3.62. The number of thiazole rings is 1. The molecule has 4 nitrogen and oxygen atoms in total. The number of rotatable bonds is 6. The van der Waals surface area contributed by atoms with Gasteiger partial charge in [-0.2, -0.15) is 0 Å². The zero-order valence-corrected chi connectivity index (χ0v) is 12.2. The molecule has 0 spiro atoms. The molecule has 1 N–H and O–H groups in total. The molecule has 0 aromatic carbocycles. The van der Waals surface area contributed by atoms with Crippen molar-refractivity contribution in [2.45, 2.75) is 26.3 Å². The third kappa shape index (κ3) is 3.67. The first-order valence-electron chi connectivity index (χ1n) is 6.90. The van der Waals surface area contributed by atoms with E-state index in [9.17, 15) is 0 Å². The first kappa shape index (κ1) is 13.8. The zero-order valence-electron chi connectivity index (χ0n) is 11.4. The highest BCUT2D eigenvalue weighted by Gasteiger charge is 2.21. The maximum Gasteiger partial charge on any atom is 0.185 e. The van der Waals surface area contributed by atoms with Gasteiger partial charge in [0, 0.05) is 43.8 Å². The number of aromatic nitrogens is 1. The minimum absolute atomic E-state index is 0.683. The van der Waals surface area contributed by atoms with Gasteiger partial charge >= 0.3 is 0 Å². The maximum absolute atomic E-state index is 4.39. The number of piperazine rings is 1. The Morgan fingerprint density at radius 2 is 2.17 bits per heavy atom. The quantitative estimate of drug-likeness (QED) is 0.795. The molecule has 18 heavy (non-hydrogen) atoms. The van der Waals surface area contributed by atoms with Crippen LogP contribution >= 0.6 is 11.3 Å². The molecule has 0 saturated carbocycles. The van der Waals surface area contributed by atoms with E-state index in [-0.39, 0.29) is 0 Å². The highest BCUT2D eigenvalue weighted by Crippen LogP contribution is 2.19. The second-order valence-electron chi connectivity index (χ2n) is 4.83. The van der Waals surface area contributed by atoms with Crippen LogP contribution in [0.4, 0.5) is 5.13 Å². The molecule has 0 bridgehead atoms. The largest absolute Gasteiger partial charge is 0.346 e. The molecule has 5 heteroatoms. The van der Waals surface area contributed by atoms with Crippen LogP contribution in [0.15, 0.2) is 11.6 Å². The van der Waals surface area contributed by atoms with Crippen LogP contribution in [0.25, 0.3) is 0 Å². The summed E-state index contributed by atoms with van der Waals surface area (Å²) < 4.78 is 0. The monoisotopic (exact) mass is 268 g/mol. The molecule has 102 valence electrons. The second kappa shape index (κ2) is 7.07. The van der Waals surface area contributed by atoms with Crippen molar-refractivity contribution in [3.63, 3.8) is 0 Å². The second-order valence-corrected chi connectivity index (χ2v) is 5.70. The van der Waals surface area contributed by atoms with E-state index < -0.39 is 0 Å². The number of nitrogens with one attached hydrogen (secondary N) is 1. The molecule has 1 atom stereocenters. The molecule has 2 rings (SSSR count).